The zero-order valence-corrected chi connectivity index (χ0v) is 10.5. The lowest BCUT2D eigenvalue weighted by Crippen LogP contribution is -2.14. The van der Waals surface area contributed by atoms with E-state index in [4.69, 9.17) is 0 Å². The zero-order valence-electron chi connectivity index (χ0n) is 8.31. The number of aromatic nitrogens is 4. The fraction of sp³-hybridized carbons (Fsp3) is 0.222. The van der Waals surface area contributed by atoms with Crippen LogP contribution in [0.15, 0.2) is 18.6 Å². The van der Waals surface area contributed by atoms with Gasteiger partial charge in [0.05, 0.1) is 9.77 Å². The summed E-state index contributed by atoms with van der Waals surface area (Å²) in [6, 6.07) is 0. The predicted octanol–water partition coefficient (Wildman–Crippen LogP) is 1.22. The number of hydrogen-bond acceptors (Lipinski definition) is 3. The molecule has 0 aliphatic heterocycles. The Bertz CT molecular complexity index is 514. The molecule has 0 aromatic carbocycles. The van der Waals surface area contributed by atoms with Crippen LogP contribution in [0.4, 0.5) is 0 Å². The van der Waals surface area contributed by atoms with Gasteiger partial charge in [-0.2, -0.15) is 10.2 Å². The van der Waals surface area contributed by atoms with Gasteiger partial charge in [-0.15, -0.1) is 0 Å². The first-order valence-corrected chi connectivity index (χ1v) is 5.41. The molecule has 15 heavy (non-hydrogen) atoms. The molecule has 0 fully saturated rings. The van der Waals surface area contributed by atoms with Crippen molar-refractivity contribution in [1.29, 1.82) is 0 Å². The Morgan fingerprint density at radius 2 is 2.20 bits per heavy atom. The average molecular weight is 316 g/mol. The summed E-state index contributed by atoms with van der Waals surface area (Å²) >= 11 is 2.08. The molecule has 0 aliphatic carbocycles. The van der Waals surface area contributed by atoms with Gasteiger partial charge in [0.1, 0.15) is 0 Å². The summed E-state index contributed by atoms with van der Waals surface area (Å²) < 4.78 is 3.75. The van der Waals surface area contributed by atoms with E-state index in [0.29, 0.717) is 5.69 Å². The van der Waals surface area contributed by atoms with Crippen LogP contribution in [0.2, 0.25) is 0 Å². The van der Waals surface area contributed by atoms with Gasteiger partial charge < -0.3 is 0 Å². The fourth-order valence-electron chi connectivity index (χ4n) is 1.24. The van der Waals surface area contributed by atoms with Gasteiger partial charge in [-0.05, 0) is 35.1 Å². The lowest BCUT2D eigenvalue weighted by Gasteiger charge is -1.96. The van der Waals surface area contributed by atoms with E-state index in [1.807, 2.05) is 6.92 Å². The Morgan fingerprint density at radius 3 is 2.67 bits per heavy atom. The Balaban J connectivity index is 2.40. The summed E-state index contributed by atoms with van der Waals surface area (Å²) in [4.78, 5) is 11.9. The van der Waals surface area contributed by atoms with Gasteiger partial charge in [0.25, 0.3) is 5.91 Å². The van der Waals surface area contributed by atoms with E-state index in [1.165, 1.54) is 4.68 Å². The van der Waals surface area contributed by atoms with Gasteiger partial charge >= 0.3 is 0 Å². The van der Waals surface area contributed by atoms with E-state index in [9.17, 15) is 4.79 Å². The van der Waals surface area contributed by atoms with Crippen molar-refractivity contribution in [1.82, 2.24) is 19.6 Å². The molecule has 2 aromatic heterocycles. The highest BCUT2D eigenvalue weighted by Crippen LogP contribution is 2.11. The highest BCUT2D eigenvalue weighted by molar-refractivity contribution is 14.1. The van der Waals surface area contributed by atoms with E-state index < -0.39 is 0 Å². The molecule has 0 saturated carbocycles. The quantitative estimate of drug-likeness (QED) is 0.743. The van der Waals surface area contributed by atoms with Crippen LogP contribution < -0.4 is 0 Å². The van der Waals surface area contributed by atoms with Gasteiger partial charge in [-0.1, -0.05) is 0 Å². The largest absolute Gasteiger partial charge is 0.299 e. The second kappa shape index (κ2) is 3.76. The van der Waals surface area contributed by atoms with E-state index in [-0.39, 0.29) is 5.91 Å². The first-order valence-electron chi connectivity index (χ1n) is 4.33. The maximum absolute atomic E-state index is 11.9. The molecular formula is C9H9IN4O. The second-order valence-electron chi connectivity index (χ2n) is 3.27. The van der Waals surface area contributed by atoms with Crippen molar-refractivity contribution in [3.05, 3.63) is 33.4 Å². The smallest absolute Gasteiger partial charge is 0.274 e. The zero-order chi connectivity index (χ0) is 11.0. The van der Waals surface area contributed by atoms with Crippen molar-refractivity contribution in [2.24, 2.45) is 7.05 Å². The van der Waals surface area contributed by atoms with Crippen LogP contribution in [-0.4, -0.2) is 25.5 Å². The molecule has 78 valence electrons. The number of halogens is 1. The van der Waals surface area contributed by atoms with Crippen LogP contribution in [0, 0.1) is 10.5 Å². The Hall–Kier alpha value is -1.18. The van der Waals surface area contributed by atoms with E-state index in [2.05, 4.69) is 32.8 Å². The van der Waals surface area contributed by atoms with Crippen molar-refractivity contribution in [2.45, 2.75) is 6.92 Å². The number of aryl methyl sites for hydroxylation is 2. The van der Waals surface area contributed by atoms with Crippen molar-refractivity contribution in [3.63, 3.8) is 0 Å². The summed E-state index contributed by atoms with van der Waals surface area (Å²) in [5, 5.41) is 8.05. The summed E-state index contributed by atoms with van der Waals surface area (Å²) in [7, 11) is 1.79. The lowest BCUT2D eigenvalue weighted by atomic mass is 10.4. The highest BCUT2D eigenvalue weighted by Gasteiger charge is 2.16. The first kappa shape index (κ1) is 10.3. The van der Waals surface area contributed by atoms with Gasteiger partial charge in [0.2, 0.25) is 0 Å². The molecule has 6 heteroatoms. The predicted molar refractivity (Wildman–Crippen MR) is 62.6 cm³/mol. The van der Waals surface area contributed by atoms with E-state index in [0.717, 1.165) is 9.13 Å². The Morgan fingerprint density at radius 1 is 1.47 bits per heavy atom. The molecule has 0 bridgehead atoms. The lowest BCUT2D eigenvalue weighted by molar-refractivity contribution is 0.0938. The van der Waals surface area contributed by atoms with E-state index >= 15 is 0 Å². The molecule has 5 nitrogen and oxygen atoms in total. The third kappa shape index (κ3) is 1.94. The molecular weight excluding hydrogens is 307 g/mol. The van der Waals surface area contributed by atoms with Gasteiger partial charge in [-0.3, -0.25) is 9.48 Å². The SMILES string of the molecule is Cc1cnn(C(=O)c2nn(C)cc2I)c1. The fourth-order valence-corrected chi connectivity index (χ4v) is 1.98. The molecule has 2 rings (SSSR count). The minimum atomic E-state index is -0.201. The van der Waals surface area contributed by atoms with Crippen LogP contribution in [0.3, 0.4) is 0 Å². The minimum Gasteiger partial charge on any atom is -0.274 e. The molecule has 0 amide bonds. The molecule has 0 N–H and O–H groups in total. The molecule has 0 radical (unpaired) electrons. The molecule has 2 aromatic rings. The van der Waals surface area contributed by atoms with E-state index in [1.54, 1.807) is 30.3 Å². The number of carbonyl (C=O) groups is 1. The maximum Gasteiger partial charge on any atom is 0.299 e. The van der Waals surface area contributed by atoms with Gasteiger partial charge in [-0.25, -0.2) is 4.68 Å². The summed E-state index contributed by atoms with van der Waals surface area (Å²) in [6.45, 7) is 1.89. The number of carbonyl (C=O) groups excluding carboxylic acids is 1. The molecule has 2 heterocycles. The topological polar surface area (TPSA) is 52.7 Å². The second-order valence-corrected chi connectivity index (χ2v) is 4.43. The summed E-state index contributed by atoms with van der Waals surface area (Å²) in [6.07, 6.45) is 5.13. The number of nitrogens with zero attached hydrogens (tertiary/aromatic N) is 4. The van der Waals surface area contributed by atoms with Crippen LogP contribution in [-0.2, 0) is 7.05 Å². The van der Waals surface area contributed by atoms with Gasteiger partial charge in [0.15, 0.2) is 5.69 Å². The monoisotopic (exact) mass is 316 g/mol. The molecule has 0 atom stereocenters. The Kier molecular flexibility index (Phi) is 2.59. The average Bonchev–Trinajstić information content (AvgIpc) is 2.71. The number of hydrogen-bond donors (Lipinski definition) is 0. The summed E-state index contributed by atoms with van der Waals surface area (Å²) in [5.41, 5.74) is 1.38. The van der Waals surface area contributed by atoms with Crippen LogP contribution in [0.25, 0.3) is 0 Å². The maximum atomic E-state index is 11.9. The minimum absolute atomic E-state index is 0.201. The standard InChI is InChI=1S/C9H9IN4O/c1-6-3-11-14(4-6)9(15)8-7(10)5-13(2)12-8/h3-5H,1-2H3. The van der Waals surface area contributed by atoms with Crippen LogP contribution in [0.5, 0.6) is 0 Å². The van der Waals surface area contributed by atoms with Crippen molar-refractivity contribution < 1.29 is 4.79 Å². The highest BCUT2D eigenvalue weighted by atomic mass is 127. The molecule has 0 spiro atoms. The van der Waals surface area contributed by atoms with Crippen LogP contribution >= 0.6 is 22.6 Å². The molecule has 0 aliphatic rings. The number of rotatable bonds is 1. The molecule has 0 unspecified atom stereocenters. The molecule has 0 saturated heterocycles. The third-order valence-corrected chi connectivity index (χ3v) is 2.70. The normalized spacial score (nSPS) is 10.6. The van der Waals surface area contributed by atoms with Crippen molar-refractivity contribution >= 4 is 28.5 Å². The van der Waals surface area contributed by atoms with Crippen molar-refractivity contribution in [2.75, 3.05) is 0 Å². The van der Waals surface area contributed by atoms with Crippen LogP contribution in [0.1, 0.15) is 16.1 Å². The third-order valence-electron chi connectivity index (χ3n) is 1.91. The Labute approximate surface area is 100 Å². The van der Waals surface area contributed by atoms with Crippen molar-refractivity contribution in [3.8, 4) is 0 Å². The van der Waals surface area contributed by atoms with Gasteiger partial charge in [0, 0.05) is 19.4 Å². The first-order chi connectivity index (χ1) is 7.08. The summed E-state index contributed by atoms with van der Waals surface area (Å²) in [5.74, 6) is -0.201.